The highest BCUT2D eigenvalue weighted by molar-refractivity contribution is 9.10. The minimum atomic E-state index is -0.456. The van der Waals surface area contributed by atoms with Gasteiger partial charge in [-0.25, -0.2) is 9.37 Å². The molecule has 1 aromatic heterocycles. The van der Waals surface area contributed by atoms with Gasteiger partial charge in [-0.15, -0.1) is 0 Å². The van der Waals surface area contributed by atoms with Crippen molar-refractivity contribution in [1.82, 2.24) is 4.98 Å². The summed E-state index contributed by atoms with van der Waals surface area (Å²) in [4.78, 5) is 17.6. The first-order valence-electron chi connectivity index (χ1n) is 5.23. The molecule has 2 aromatic rings. The van der Waals surface area contributed by atoms with E-state index in [2.05, 4.69) is 20.9 Å². The van der Waals surface area contributed by atoms with Crippen molar-refractivity contribution in [2.45, 2.75) is 0 Å². The van der Waals surface area contributed by atoms with Gasteiger partial charge < -0.3 is 0 Å². The summed E-state index contributed by atoms with van der Waals surface area (Å²) >= 11 is 3.16. The molecule has 0 saturated heterocycles. The molecule has 0 aliphatic carbocycles. The minimum Gasteiger partial charge on any atom is -0.296 e. The van der Waals surface area contributed by atoms with Crippen LogP contribution in [0.2, 0.25) is 0 Å². The predicted molar refractivity (Wildman–Crippen MR) is 71.1 cm³/mol. The molecule has 0 aliphatic heterocycles. The number of anilines is 1. The van der Waals surface area contributed by atoms with Crippen molar-refractivity contribution in [3.63, 3.8) is 0 Å². The van der Waals surface area contributed by atoms with Gasteiger partial charge in [-0.2, -0.15) is 0 Å². The standard InChI is InChI=1S/C13H10BrFN2O/c1-17(12-4-2-3-5-16-12)13(18)9-6-10(14)8-11(15)7-9/h2-8H,1H3. The molecule has 1 amide bonds. The lowest BCUT2D eigenvalue weighted by Gasteiger charge is -2.16. The highest BCUT2D eigenvalue weighted by Crippen LogP contribution is 2.18. The number of amides is 1. The summed E-state index contributed by atoms with van der Waals surface area (Å²) < 4.78 is 13.8. The molecule has 0 spiro atoms. The third-order valence-electron chi connectivity index (χ3n) is 2.41. The largest absolute Gasteiger partial charge is 0.296 e. The van der Waals surface area contributed by atoms with Gasteiger partial charge in [0.15, 0.2) is 0 Å². The third kappa shape index (κ3) is 2.73. The van der Waals surface area contributed by atoms with E-state index in [1.54, 1.807) is 37.5 Å². The van der Waals surface area contributed by atoms with Crippen LogP contribution in [0.15, 0.2) is 47.1 Å². The Balaban J connectivity index is 2.31. The molecule has 0 bridgehead atoms. The Morgan fingerprint density at radius 2 is 2.11 bits per heavy atom. The topological polar surface area (TPSA) is 33.2 Å². The Morgan fingerprint density at radius 3 is 2.72 bits per heavy atom. The third-order valence-corrected chi connectivity index (χ3v) is 2.86. The number of nitrogens with zero attached hydrogens (tertiary/aromatic N) is 2. The molecular formula is C13H10BrFN2O. The van der Waals surface area contributed by atoms with E-state index >= 15 is 0 Å². The Kier molecular flexibility index (Phi) is 3.72. The van der Waals surface area contributed by atoms with Crippen LogP contribution < -0.4 is 4.90 Å². The van der Waals surface area contributed by atoms with Gasteiger partial charge in [-0.1, -0.05) is 22.0 Å². The van der Waals surface area contributed by atoms with Crippen LogP contribution in [0.5, 0.6) is 0 Å². The van der Waals surface area contributed by atoms with Crippen LogP contribution in [0.1, 0.15) is 10.4 Å². The molecule has 5 heteroatoms. The average Bonchev–Trinajstić information content (AvgIpc) is 2.37. The van der Waals surface area contributed by atoms with Crippen molar-refractivity contribution in [3.05, 3.63) is 58.4 Å². The molecule has 0 unspecified atom stereocenters. The normalized spacial score (nSPS) is 10.2. The first kappa shape index (κ1) is 12.7. The predicted octanol–water partition coefficient (Wildman–Crippen LogP) is 3.26. The van der Waals surface area contributed by atoms with Crippen LogP contribution in [0, 0.1) is 5.82 Å². The van der Waals surface area contributed by atoms with E-state index in [0.29, 0.717) is 10.3 Å². The zero-order valence-corrected chi connectivity index (χ0v) is 11.2. The average molecular weight is 309 g/mol. The second-order valence-electron chi connectivity index (χ2n) is 3.71. The monoisotopic (exact) mass is 308 g/mol. The van der Waals surface area contributed by atoms with Gasteiger partial charge in [0.2, 0.25) is 0 Å². The molecule has 0 radical (unpaired) electrons. The molecular weight excluding hydrogens is 299 g/mol. The van der Waals surface area contributed by atoms with Crippen molar-refractivity contribution in [2.75, 3.05) is 11.9 Å². The fourth-order valence-corrected chi connectivity index (χ4v) is 1.99. The number of rotatable bonds is 2. The molecule has 0 aliphatic rings. The molecule has 0 atom stereocenters. The van der Waals surface area contributed by atoms with E-state index in [-0.39, 0.29) is 11.5 Å². The van der Waals surface area contributed by atoms with Gasteiger partial charge in [0.25, 0.3) is 5.91 Å². The number of carbonyl (C=O) groups excluding carboxylic acids is 1. The lowest BCUT2D eigenvalue weighted by molar-refractivity contribution is 0.0992. The van der Waals surface area contributed by atoms with Gasteiger partial charge in [0, 0.05) is 23.3 Å². The van der Waals surface area contributed by atoms with Crippen LogP contribution >= 0.6 is 15.9 Å². The maximum absolute atomic E-state index is 13.2. The van der Waals surface area contributed by atoms with Gasteiger partial charge in [-0.3, -0.25) is 9.69 Å². The zero-order chi connectivity index (χ0) is 13.1. The van der Waals surface area contributed by atoms with Gasteiger partial charge >= 0.3 is 0 Å². The fourth-order valence-electron chi connectivity index (χ4n) is 1.53. The van der Waals surface area contributed by atoms with Crippen LogP contribution in [-0.2, 0) is 0 Å². The quantitative estimate of drug-likeness (QED) is 0.853. The van der Waals surface area contributed by atoms with Crippen molar-refractivity contribution in [1.29, 1.82) is 0 Å². The van der Waals surface area contributed by atoms with Crippen molar-refractivity contribution in [3.8, 4) is 0 Å². The van der Waals surface area contributed by atoms with Crippen LogP contribution in [0.25, 0.3) is 0 Å². The highest BCUT2D eigenvalue weighted by Gasteiger charge is 2.15. The molecule has 1 aromatic carbocycles. The number of pyridine rings is 1. The second-order valence-corrected chi connectivity index (χ2v) is 4.63. The number of aromatic nitrogens is 1. The van der Waals surface area contributed by atoms with E-state index in [0.717, 1.165) is 0 Å². The Labute approximate surface area is 112 Å². The van der Waals surface area contributed by atoms with Gasteiger partial charge in [0.1, 0.15) is 11.6 Å². The highest BCUT2D eigenvalue weighted by atomic mass is 79.9. The number of benzene rings is 1. The fraction of sp³-hybridized carbons (Fsp3) is 0.0769. The Hall–Kier alpha value is -1.75. The molecule has 0 saturated carbocycles. The lowest BCUT2D eigenvalue weighted by Crippen LogP contribution is -2.27. The van der Waals surface area contributed by atoms with Crippen LogP contribution in [0.4, 0.5) is 10.2 Å². The molecule has 92 valence electrons. The number of halogens is 2. The Morgan fingerprint density at radius 1 is 1.33 bits per heavy atom. The van der Waals surface area contributed by atoms with E-state index in [1.165, 1.54) is 17.0 Å². The smallest absolute Gasteiger partial charge is 0.259 e. The SMILES string of the molecule is CN(C(=O)c1cc(F)cc(Br)c1)c1ccccn1. The number of hydrogen-bond donors (Lipinski definition) is 0. The van der Waals surface area contributed by atoms with Gasteiger partial charge in [0.05, 0.1) is 0 Å². The molecule has 1 heterocycles. The van der Waals surface area contributed by atoms with Gasteiger partial charge in [-0.05, 0) is 30.3 Å². The van der Waals surface area contributed by atoms with Crippen LogP contribution in [0.3, 0.4) is 0 Å². The van der Waals surface area contributed by atoms with Crippen molar-refractivity contribution >= 4 is 27.7 Å². The molecule has 3 nitrogen and oxygen atoms in total. The summed E-state index contributed by atoms with van der Waals surface area (Å²) in [7, 11) is 1.60. The van der Waals surface area contributed by atoms with Crippen LogP contribution in [-0.4, -0.2) is 17.9 Å². The molecule has 2 rings (SSSR count). The van der Waals surface area contributed by atoms with E-state index in [4.69, 9.17) is 0 Å². The van der Waals surface area contributed by atoms with Crippen molar-refractivity contribution in [2.24, 2.45) is 0 Å². The summed E-state index contributed by atoms with van der Waals surface area (Å²) in [6.45, 7) is 0. The first-order valence-corrected chi connectivity index (χ1v) is 6.02. The first-order chi connectivity index (χ1) is 8.58. The second kappa shape index (κ2) is 5.27. The Bertz CT molecular complexity index is 554. The summed E-state index contributed by atoms with van der Waals surface area (Å²) in [5.74, 6) is -0.251. The molecule has 18 heavy (non-hydrogen) atoms. The van der Waals surface area contributed by atoms with E-state index < -0.39 is 5.82 Å². The molecule has 0 fully saturated rings. The van der Waals surface area contributed by atoms with Crippen molar-refractivity contribution < 1.29 is 9.18 Å². The summed E-state index contributed by atoms with van der Waals surface area (Å²) in [6.07, 6.45) is 1.60. The maximum Gasteiger partial charge on any atom is 0.259 e. The summed E-state index contributed by atoms with van der Waals surface area (Å²) in [5.41, 5.74) is 0.273. The summed E-state index contributed by atoms with van der Waals surface area (Å²) in [5, 5.41) is 0. The lowest BCUT2D eigenvalue weighted by atomic mass is 10.2. The number of carbonyl (C=O) groups is 1. The molecule has 0 N–H and O–H groups in total. The minimum absolute atomic E-state index is 0.273. The zero-order valence-electron chi connectivity index (χ0n) is 9.60. The summed E-state index contributed by atoms with van der Waals surface area (Å²) in [6, 6.07) is 9.34. The number of hydrogen-bond acceptors (Lipinski definition) is 2. The van der Waals surface area contributed by atoms with E-state index in [1.807, 2.05) is 0 Å². The van der Waals surface area contributed by atoms with E-state index in [9.17, 15) is 9.18 Å². The maximum atomic E-state index is 13.2.